The van der Waals surface area contributed by atoms with Crippen LogP contribution in [0.3, 0.4) is 0 Å². The van der Waals surface area contributed by atoms with Crippen LogP contribution in [0.5, 0.6) is 23.1 Å². The van der Waals surface area contributed by atoms with Gasteiger partial charge in [-0.1, -0.05) is 12.1 Å². The summed E-state index contributed by atoms with van der Waals surface area (Å²) in [6.45, 7) is 1.65. The normalized spacial score (nSPS) is 10.8. The third kappa shape index (κ3) is 5.10. The number of H-pyrrole nitrogens is 1. The monoisotopic (exact) mass is 527 g/mol. The van der Waals surface area contributed by atoms with Crippen LogP contribution in [0.2, 0.25) is 0 Å². The zero-order chi connectivity index (χ0) is 27.5. The van der Waals surface area contributed by atoms with Gasteiger partial charge in [0.2, 0.25) is 5.43 Å². The highest BCUT2D eigenvalue weighted by atomic mass is 19.1. The van der Waals surface area contributed by atoms with Gasteiger partial charge in [0, 0.05) is 29.7 Å². The molecule has 0 aliphatic carbocycles. The van der Waals surface area contributed by atoms with Crippen molar-refractivity contribution in [2.45, 2.75) is 6.92 Å². The lowest BCUT2D eigenvalue weighted by Crippen LogP contribution is -2.26. The number of aryl methyl sites for hydroxylation is 1. The molecule has 0 saturated heterocycles. The number of carbonyl (C=O) groups excluding carboxylic acids is 1. The van der Waals surface area contributed by atoms with Crippen LogP contribution in [0.4, 0.5) is 10.1 Å². The third-order valence-electron chi connectivity index (χ3n) is 5.86. The second kappa shape index (κ2) is 10.6. The first-order chi connectivity index (χ1) is 18.9. The van der Waals surface area contributed by atoms with Crippen LogP contribution >= 0.6 is 0 Å². The van der Waals surface area contributed by atoms with Gasteiger partial charge in [-0.25, -0.2) is 9.37 Å². The molecule has 0 radical (unpaired) electrons. The Morgan fingerprint density at radius 1 is 0.974 bits per heavy atom. The van der Waals surface area contributed by atoms with Crippen molar-refractivity contribution in [1.29, 1.82) is 0 Å². The highest BCUT2D eigenvalue weighted by Crippen LogP contribution is 2.34. The molecule has 0 fully saturated rings. The van der Waals surface area contributed by atoms with Gasteiger partial charge in [0.25, 0.3) is 11.8 Å². The summed E-state index contributed by atoms with van der Waals surface area (Å²) in [6.07, 6.45) is 1.59. The molecule has 0 unspecified atom stereocenters. The first-order valence-corrected chi connectivity index (χ1v) is 11.7. The van der Waals surface area contributed by atoms with Crippen molar-refractivity contribution in [1.82, 2.24) is 20.2 Å². The number of benzene rings is 2. The topological polar surface area (TPSA) is 128 Å². The molecule has 2 aromatic carbocycles. The van der Waals surface area contributed by atoms with Crippen molar-refractivity contribution in [2.75, 3.05) is 19.5 Å². The summed E-state index contributed by atoms with van der Waals surface area (Å²) in [5, 5.41) is 9.29. The van der Waals surface area contributed by atoms with E-state index < -0.39 is 17.2 Å². The van der Waals surface area contributed by atoms with Crippen molar-refractivity contribution >= 4 is 22.6 Å². The number of carbonyl (C=O) groups is 1. The maximum Gasteiger partial charge on any atom is 0.280 e. The zero-order valence-electron chi connectivity index (χ0n) is 21.1. The molecule has 39 heavy (non-hydrogen) atoms. The number of hydrogen-bond donors (Lipinski definition) is 2. The predicted molar refractivity (Wildman–Crippen MR) is 142 cm³/mol. The molecule has 5 aromatic rings. The van der Waals surface area contributed by atoms with E-state index in [1.54, 1.807) is 49.5 Å². The largest absolute Gasteiger partial charge is 0.491 e. The van der Waals surface area contributed by atoms with E-state index in [1.807, 2.05) is 0 Å². The average molecular weight is 528 g/mol. The molecule has 3 aromatic heterocycles. The number of rotatable bonds is 7. The molecule has 3 heterocycles. The van der Waals surface area contributed by atoms with E-state index >= 15 is 0 Å². The number of methoxy groups -OCH3 is 2. The van der Waals surface area contributed by atoms with Crippen LogP contribution in [-0.2, 0) is 0 Å². The van der Waals surface area contributed by atoms with Gasteiger partial charge < -0.3 is 19.5 Å². The molecule has 0 spiro atoms. The summed E-state index contributed by atoms with van der Waals surface area (Å²) >= 11 is 0. The Balaban J connectivity index is 1.36. The van der Waals surface area contributed by atoms with Crippen molar-refractivity contribution in [2.24, 2.45) is 0 Å². The Kier molecular flexibility index (Phi) is 6.87. The molecule has 0 aliphatic rings. The molecule has 196 valence electrons. The number of pyridine rings is 2. The average Bonchev–Trinajstić information content (AvgIpc) is 2.94. The summed E-state index contributed by atoms with van der Waals surface area (Å²) in [7, 11) is 3.01. The van der Waals surface area contributed by atoms with Gasteiger partial charge in [-0.15, -0.1) is 0 Å². The number of fused-ring (bicyclic) bond motifs is 1. The summed E-state index contributed by atoms with van der Waals surface area (Å²) in [4.78, 5) is 34.7. The van der Waals surface area contributed by atoms with Crippen LogP contribution in [0.25, 0.3) is 22.2 Å². The minimum Gasteiger partial charge on any atom is -0.491 e. The van der Waals surface area contributed by atoms with Crippen molar-refractivity contribution < 1.29 is 23.4 Å². The quantitative estimate of drug-likeness (QED) is 0.306. The lowest BCUT2D eigenvalue weighted by molar-refractivity contribution is 0.102. The molecule has 11 heteroatoms. The Morgan fingerprint density at radius 2 is 1.72 bits per heavy atom. The minimum absolute atomic E-state index is 0.242. The maximum atomic E-state index is 13.3. The van der Waals surface area contributed by atoms with Crippen LogP contribution < -0.4 is 25.0 Å². The number of hydrogen-bond acceptors (Lipinski definition) is 8. The van der Waals surface area contributed by atoms with Gasteiger partial charge in [-0.05, 0) is 48.9 Å². The number of nitrogens with one attached hydrogen (secondary N) is 2. The van der Waals surface area contributed by atoms with Crippen molar-refractivity contribution in [3.63, 3.8) is 0 Å². The van der Waals surface area contributed by atoms with Crippen molar-refractivity contribution in [3.05, 3.63) is 94.3 Å². The lowest BCUT2D eigenvalue weighted by Gasteiger charge is -2.12. The Hall–Kier alpha value is -5.32. The summed E-state index contributed by atoms with van der Waals surface area (Å²) in [5.41, 5.74) is 1.74. The molecule has 0 bridgehead atoms. The number of halogens is 1. The number of ether oxygens (including phenoxy) is 3. The highest BCUT2D eigenvalue weighted by Gasteiger charge is 2.19. The number of aromatic amines is 1. The fraction of sp³-hybridized carbons (Fsp3) is 0.107. The molecule has 10 nitrogen and oxygen atoms in total. The number of aromatic nitrogens is 4. The van der Waals surface area contributed by atoms with E-state index in [1.165, 1.54) is 38.5 Å². The molecule has 0 saturated carbocycles. The van der Waals surface area contributed by atoms with Gasteiger partial charge >= 0.3 is 0 Å². The molecule has 1 amide bonds. The van der Waals surface area contributed by atoms with E-state index in [4.69, 9.17) is 14.2 Å². The third-order valence-corrected chi connectivity index (χ3v) is 5.86. The molecular weight excluding hydrogens is 505 g/mol. The predicted octanol–water partition coefficient (Wildman–Crippen LogP) is 4.89. The van der Waals surface area contributed by atoms with E-state index in [9.17, 15) is 14.0 Å². The van der Waals surface area contributed by atoms with E-state index in [2.05, 4.69) is 25.5 Å². The van der Waals surface area contributed by atoms with Gasteiger partial charge in [-0.3, -0.25) is 19.7 Å². The van der Waals surface area contributed by atoms with E-state index in [0.29, 0.717) is 51.1 Å². The maximum absolute atomic E-state index is 13.3. The van der Waals surface area contributed by atoms with E-state index in [-0.39, 0.29) is 11.3 Å². The van der Waals surface area contributed by atoms with Crippen LogP contribution in [0, 0.1) is 12.7 Å². The van der Waals surface area contributed by atoms with Crippen LogP contribution in [0.1, 0.15) is 16.2 Å². The van der Waals surface area contributed by atoms with E-state index in [0.717, 1.165) is 0 Å². The first kappa shape index (κ1) is 25.3. The summed E-state index contributed by atoms with van der Waals surface area (Å²) in [5.74, 6) is 0.535. The Bertz CT molecular complexity index is 1740. The van der Waals surface area contributed by atoms with Gasteiger partial charge in [-0.2, -0.15) is 5.10 Å². The SMILES string of the molecule is COc1cc2nccc(Oc3ccc(NC(=O)c4n[nH]c(C)c(-c5ccc(F)cc5)c4=O)cc3)c2nc1OC. The minimum atomic E-state index is -0.696. The van der Waals surface area contributed by atoms with Crippen LogP contribution in [-0.4, -0.2) is 40.3 Å². The highest BCUT2D eigenvalue weighted by molar-refractivity contribution is 6.03. The van der Waals surface area contributed by atoms with Crippen molar-refractivity contribution in [3.8, 4) is 34.3 Å². The fourth-order valence-electron chi connectivity index (χ4n) is 3.96. The smallest absolute Gasteiger partial charge is 0.280 e. The lowest BCUT2D eigenvalue weighted by atomic mass is 10.0. The molecular formula is C28H22FN5O5. The number of nitrogens with zero attached hydrogens (tertiary/aromatic N) is 3. The second-order valence-corrected chi connectivity index (χ2v) is 8.37. The number of anilines is 1. The molecule has 0 atom stereocenters. The van der Waals surface area contributed by atoms with Gasteiger partial charge in [0.05, 0.1) is 25.3 Å². The first-order valence-electron chi connectivity index (χ1n) is 11.7. The number of amides is 1. The Morgan fingerprint density at radius 3 is 2.41 bits per heavy atom. The Labute approximate surface area is 221 Å². The molecule has 0 aliphatic heterocycles. The molecule has 2 N–H and O–H groups in total. The summed E-state index contributed by atoms with van der Waals surface area (Å²) < 4.78 is 29.9. The molecule has 5 rings (SSSR count). The standard InChI is InChI=1S/C28H22FN5O5/c1-15-23(16-4-6-17(29)7-5-16)26(35)25(34-33-15)27(36)31-18-8-10-19(11-9-18)39-21-12-13-30-20-14-22(37-2)28(38-3)32-24(20)21/h4-14H,1-3H3,(H,31,36)(H,33,35). The second-order valence-electron chi connectivity index (χ2n) is 8.37. The zero-order valence-corrected chi connectivity index (χ0v) is 21.1. The summed E-state index contributed by atoms with van der Waals surface area (Å²) in [6, 6.07) is 15.4. The van der Waals surface area contributed by atoms with Gasteiger partial charge in [0.15, 0.2) is 17.2 Å². The van der Waals surface area contributed by atoms with Gasteiger partial charge in [0.1, 0.15) is 17.1 Å². The fourth-order valence-corrected chi connectivity index (χ4v) is 3.96. The van der Waals surface area contributed by atoms with Crippen LogP contribution in [0.15, 0.2) is 71.7 Å².